The fourth-order valence-corrected chi connectivity index (χ4v) is 3.80. The van der Waals surface area contributed by atoms with E-state index in [0.717, 1.165) is 18.6 Å². The topological polar surface area (TPSA) is 35.5 Å². The SMILES string of the molecule is C=C1OC2CC3CC2C1C3C(=O)OC(C)C. The number of allylic oxidation sites excluding steroid dienone is 1. The van der Waals surface area contributed by atoms with Gasteiger partial charge in [0, 0.05) is 11.8 Å². The Labute approximate surface area is 95.8 Å². The predicted molar refractivity (Wildman–Crippen MR) is 58.4 cm³/mol. The Bertz CT molecular complexity index is 345. The number of rotatable bonds is 2. The third-order valence-electron chi connectivity index (χ3n) is 4.24. The lowest BCUT2D eigenvalue weighted by molar-refractivity contribution is -0.155. The highest BCUT2D eigenvalue weighted by Crippen LogP contribution is 2.60. The molecular weight excluding hydrogens is 204 g/mol. The van der Waals surface area contributed by atoms with Gasteiger partial charge < -0.3 is 9.47 Å². The summed E-state index contributed by atoms with van der Waals surface area (Å²) in [6.07, 6.45) is 2.44. The molecule has 0 radical (unpaired) electrons. The van der Waals surface area contributed by atoms with Gasteiger partial charge >= 0.3 is 5.97 Å². The predicted octanol–water partition coefficient (Wildman–Crippen LogP) is 2.12. The maximum Gasteiger partial charge on any atom is 0.310 e. The van der Waals surface area contributed by atoms with E-state index < -0.39 is 0 Å². The first-order valence-corrected chi connectivity index (χ1v) is 6.14. The van der Waals surface area contributed by atoms with Gasteiger partial charge in [0.1, 0.15) is 6.10 Å². The standard InChI is InChI=1S/C13H18O3/c1-6(2)15-13(14)12-8-4-9-10(5-8)16-7(3)11(9)12/h6,8-12H,3-5H2,1-2H3. The lowest BCUT2D eigenvalue weighted by Crippen LogP contribution is -2.33. The summed E-state index contributed by atoms with van der Waals surface area (Å²) in [5.74, 6) is 2.01. The normalized spacial score (nSPS) is 43.9. The number of carbonyl (C=O) groups excluding carboxylic acids is 1. The molecule has 3 nitrogen and oxygen atoms in total. The van der Waals surface area contributed by atoms with Crippen molar-refractivity contribution in [2.45, 2.75) is 38.9 Å². The summed E-state index contributed by atoms with van der Waals surface area (Å²) in [6, 6.07) is 0. The second-order valence-electron chi connectivity index (χ2n) is 5.56. The zero-order valence-corrected chi connectivity index (χ0v) is 9.81. The summed E-state index contributed by atoms with van der Waals surface area (Å²) in [4.78, 5) is 12.1. The molecule has 0 spiro atoms. The van der Waals surface area contributed by atoms with Gasteiger partial charge in [-0.05, 0) is 32.6 Å². The van der Waals surface area contributed by atoms with Crippen molar-refractivity contribution < 1.29 is 14.3 Å². The monoisotopic (exact) mass is 222 g/mol. The first kappa shape index (κ1) is 10.2. The van der Waals surface area contributed by atoms with Crippen LogP contribution in [0.4, 0.5) is 0 Å². The Morgan fingerprint density at radius 2 is 2.25 bits per heavy atom. The summed E-state index contributed by atoms with van der Waals surface area (Å²) in [7, 11) is 0. The molecule has 1 aliphatic heterocycles. The van der Waals surface area contributed by atoms with E-state index in [1.165, 1.54) is 0 Å². The van der Waals surface area contributed by atoms with Crippen molar-refractivity contribution in [1.82, 2.24) is 0 Å². The summed E-state index contributed by atoms with van der Waals surface area (Å²) >= 11 is 0. The molecule has 0 aromatic heterocycles. The molecule has 0 aromatic carbocycles. The van der Waals surface area contributed by atoms with Crippen LogP contribution in [-0.2, 0) is 14.3 Å². The molecule has 1 saturated heterocycles. The van der Waals surface area contributed by atoms with E-state index in [2.05, 4.69) is 6.58 Å². The number of hydrogen-bond donors (Lipinski definition) is 0. The fraction of sp³-hybridized carbons (Fsp3) is 0.769. The van der Waals surface area contributed by atoms with Gasteiger partial charge in [0.25, 0.3) is 0 Å². The van der Waals surface area contributed by atoms with Gasteiger partial charge in [0.2, 0.25) is 0 Å². The zero-order valence-electron chi connectivity index (χ0n) is 9.81. The van der Waals surface area contributed by atoms with Crippen molar-refractivity contribution >= 4 is 5.97 Å². The van der Waals surface area contributed by atoms with Crippen LogP contribution in [0.3, 0.4) is 0 Å². The van der Waals surface area contributed by atoms with Gasteiger partial charge in [-0.1, -0.05) is 6.58 Å². The molecule has 1 heterocycles. The van der Waals surface area contributed by atoms with Crippen molar-refractivity contribution in [3.8, 4) is 0 Å². The molecule has 3 fully saturated rings. The minimum Gasteiger partial charge on any atom is -0.495 e. The Kier molecular flexibility index (Phi) is 2.07. The maximum atomic E-state index is 12.1. The van der Waals surface area contributed by atoms with Gasteiger partial charge in [-0.3, -0.25) is 4.79 Å². The van der Waals surface area contributed by atoms with Crippen LogP contribution >= 0.6 is 0 Å². The number of hydrogen-bond acceptors (Lipinski definition) is 3. The van der Waals surface area contributed by atoms with E-state index in [4.69, 9.17) is 9.47 Å². The van der Waals surface area contributed by atoms with E-state index in [1.807, 2.05) is 13.8 Å². The van der Waals surface area contributed by atoms with Crippen LogP contribution in [-0.4, -0.2) is 18.2 Å². The molecular formula is C13H18O3. The van der Waals surface area contributed by atoms with Gasteiger partial charge in [-0.2, -0.15) is 0 Å². The van der Waals surface area contributed by atoms with Crippen LogP contribution < -0.4 is 0 Å². The van der Waals surface area contributed by atoms with Crippen molar-refractivity contribution in [3.05, 3.63) is 12.3 Å². The molecule has 3 aliphatic rings. The lowest BCUT2D eigenvalue weighted by Gasteiger charge is -2.24. The Hall–Kier alpha value is -0.990. The van der Waals surface area contributed by atoms with E-state index in [0.29, 0.717) is 17.9 Å². The van der Waals surface area contributed by atoms with Crippen LogP contribution in [0.5, 0.6) is 0 Å². The highest BCUT2D eigenvalue weighted by Gasteiger charge is 2.62. The average Bonchev–Trinajstić information content (AvgIpc) is 2.75. The van der Waals surface area contributed by atoms with E-state index in [1.54, 1.807) is 0 Å². The molecule has 88 valence electrons. The fourth-order valence-electron chi connectivity index (χ4n) is 3.80. The highest BCUT2D eigenvalue weighted by atomic mass is 16.5. The van der Waals surface area contributed by atoms with Crippen molar-refractivity contribution in [2.75, 3.05) is 0 Å². The lowest BCUT2D eigenvalue weighted by atomic mass is 9.79. The average molecular weight is 222 g/mol. The largest absolute Gasteiger partial charge is 0.495 e. The first-order chi connectivity index (χ1) is 7.58. The Balaban J connectivity index is 1.82. The van der Waals surface area contributed by atoms with E-state index in [-0.39, 0.29) is 23.9 Å². The smallest absolute Gasteiger partial charge is 0.310 e. The minimum absolute atomic E-state index is 0.0126. The summed E-state index contributed by atoms with van der Waals surface area (Å²) < 4.78 is 11.1. The molecule has 2 aliphatic carbocycles. The molecule has 2 saturated carbocycles. The Morgan fingerprint density at radius 1 is 1.50 bits per heavy atom. The van der Waals surface area contributed by atoms with Gasteiger partial charge in [0.15, 0.2) is 0 Å². The quantitative estimate of drug-likeness (QED) is 0.671. The van der Waals surface area contributed by atoms with E-state index in [9.17, 15) is 4.79 Å². The summed E-state index contributed by atoms with van der Waals surface area (Å²) in [6.45, 7) is 7.75. The molecule has 0 amide bonds. The molecule has 5 unspecified atom stereocenters. The molecule has 16 heavy (non-hydrogen) atoms. The van der Waals surface area contributed by atoms with Crippen LogP contribution in [0.1, 0.15) is 26.7 Å². The number of fused-ring (bicyclic) bond motifs is 1. The first-order valence-electron chi connectivity index (χ1n) is 6.14. The van der Waals surface area contributed by atoms with Crippen molar-refractivity contribution in [3.63, 3.8) is 0 Å². The molecule has 0 aromatic rings. The minimum atomic E-state index is -0.0439. The van der Waals surface area contributed by atoms with Crippen LogP contribution in [0, 0.1) is 23.7 Å². The molecule has 2 bridgehead atoms. The second kappa shape index (κ2) is 3.25. The van der Waals surface area contributed by atoms with Gasteiger partial charge in [-0.25, -0.2) is 0 Å². The van der Waals surface area contributed by atoms with Gasteiger partial charge in [-0.15, -0.1) is 0 Å². The molecule has 3 heteroatoms. The van der Waals surface area contributed by atoms with Crippen LogP contribution in [0.25, 0.3) is 0 Å². The number of esters is 1. The summed E-state index contributed by atoms with van der Waals surface area (Å²) in [5, 5.41) is 0. The molecule has 5 atom stereocenters. The number of carbonyl (C=O) groups is 1. The Morgan fingerprint density at radius 3 is 2.94 bits per heavy atom. The van der Waals surface area contributed by atoms with Crippen molar-refractivity contribution in [2.24, 2.45) is 23.7 Å². The third-order valence-corrected chi connectivity index (χ3v) is 4.24. The van der Waals surface area contributed by atoms with Crippen LogP contribution in [0.2, 0.25) is 0 Å². The molecule has 3 rings (SSSR count). The summed E-state index contributed by atoms with van der Waals surface area (Å²) in [5.41, 5.74) is 0. The van der Waals surface area contributed by atoms with Gasteiger partial charge in [0.05, 0.1) is 17.8 Å². The number of ether oxygens (including phenoxy) is 2. The maximum absolute atomic E-state index is 12.1. The zero-order chi connectivity index (χ0) is 11.4. The third kappa shape index (κ3) is 1.23. The molecule has 0 N–H and O–H groups in total. The van der Waals surface area contributed by atoms with Crippen molar-refractivity contribution in [1.29, 1.82) is 0 Å². The van der Waals surface area contributed by atoms with Crippen LogP contribution in [0.15, 0.2) is 12.3 Å². The van der Waals surface area contributed by atoms with E-state index >= 15 is 0 Å². The highest BCUT2D eigenvalue weighted by molar-refractivity contribution is 5.75. The second-order valence-corrected chi connectivity index (χ2v) is 5.56.